The third kappa shape index (κ3) is 4.30. The summed E-state index contributed by atoms with van der Waals surface area (Å²) in [6.45, 7) is 0. The number of Topliss-reactive ketones (excluding diaryl/α,β-unsaturated/α-hetero) is 1. The second kappa shape index (κ2) is 8.71. The van der Waals surface area contributed by atoms with Gasteiger partial charge >= 0.3 is 0 Å². The van der Waals surface area contributed by atoms with Crippen molar-refractivity contribution in [2.45, 2.75) is 5.03 Å². The fraction of sp³-hybridized carbons (Fsp3) is 0.150. The Kier molecular flexibility index (Phi) is 6.12. The van der Waals surface area contributed by atoms with E-state index in [-0.39, 0.29) is 11.5 Å². The van der Waals surface area contributed by atoms with Crippen LogP contribution < -0.4 is 14.5 Å². The summed E-state index contributed by atoms with van der Waals surface area (Å²) in [5.41, 5.74) is 1.97. The fourth-order valence-electron chi connectivity index (χ4n) is 2.48. The van der Waals surface area contributed by atoms with E-state index in [1.54, 1.807) is 42.7 Å². The summed E-state index contributed by atoms with van der Waals surface area (Å²) in [5.74, 6) is 1.23. The van der Waals surface area contributed by atoms with Gasteiger partial charge in [-0.2, -0.15) is 10.2 Å². The number of nitrogens with zero attached hydrogens (tertiary/aromatic N) is 1. The van der Waals surface area contributed by atoms with Crippen LogP contribution in [-0.2, 0) is 0 Å². The number of hydrogen-bond donors (Lipinski definition) is 0. The Morgan fingerprint density at radius 1 is 1.19 bits per heavy atom. The molecule has 0 fully saturated rings. The van der Waals surface area contributed by atoms with E-state index in [1.165, 1.54) is 18.9 Å². The van der Waals surface area contributed by atoms with Crippen molar-refractivity contribution in [2.24, 2.45) is 0 Å². The summed E-state index contributed by atoms with van der Waals surface area (Å²) in [5, 5.41) is 12.0. The molecule has 27 heavy (non-hydrogen) atoms. The molecule has 0 saturated carbocycles. The molecule has 0 aliphatic heterocycles. The van der Waals surface area contributed by atoms with Gasteiger partial charge in [0.25, 0.3) is 5.03 Å². The lowest BCUT2D eigenvalue weighted by Crippen LogP contribution is -2.13. The molecule has 2 aromatic heterocycles. The number of pyridine rings is 1. The van der Waals surface area contributed by atoms with Gasteiger partial charge in [-0.1, -0.05) is 6.07 Å². The highest BCUT2D eigenvalue weighted by atomic mass is 32.2. The molecule has 3 rings (SSSR count). The number of aromatic amines is 1. The minimum atomic E-state index is -0.0558. The molecule has 1 N–H and O–H groups in total. The number of H-pyrrole nitrogens is 1. The first-order valence-corrected chi connectivity index (χ1v) is 9.91. The maximum atomic E-state index is 12.6. The number of thiophene rings is 1. The van der Waals surface area contributed by atoms with Gasteiger partial charge in [0.15, 0.2) is 17.3 Å². The van der Waals surface area contributed by atoms with Gasteiger partial charge in [-0.3, -0.25) is 4.79 Å². The summed E-state index contributed by atoms with van der Waals surface area (Å²) < 4.78 is 10.4. The molecule has 7 heteroatoms. The molecule has 5 nitrogen and oxygen atoms in total. The van der Waals surface area contributed by atoms with Gasteiger partial charge in [-0.25, -0.2) is 0 Å². The van der Waals surface area contributed by atoms with Gasteiger partial charge in [0.05, 0.1) is 24.8 Å². The molecule has 0 aliphatic rings. The lowest BCUT2D eigenvalue weighted by Gasteiger charge is -2.08. The van der Waals surface area contributed by atoms with Crippen molar-refractivity contribution < 1.29 is 19.3 Å². The van der Waals surface area contributed by atoms with Crippen LogP contribution in [0.2, 0.25) is 0 Å². The minimum Gasteiger partial charge on any atom is -0.493 e. The van der Waals surface area contributed by atoms with Crippen LogP contribution in [0.3, 0.4) is 0 Å². The first-order chi connectivity index (χ1) is 13.2. The number of aromatic nitrogens is 1. The molecular formula is C20H17N2O3S2+. The summed E-state index contributed by atoms with van der Waals surface area (Å²) in [7, 11) is 3.08. The van der Waals surface area contributed by atoms with E-state index in [0.29, 0.717) is 27.7 Å². The largest absolute Gasteiger partial charge is 0.493 e. The van der Waals surface area contributed by atoms with Crippen LogP contribution in [-0.4, -0.2) is 25.8 Å². The van der Waals surface area contributed by atoms with E-state index in [4.69, 9.17) is 9.47 Å². The average Bonchev–Trinajstić information content (AvgIpc) is 3.26. The third-order valence-corrected chi connectivity index (χ3v) is 5.79. The van der Waals surface area contributed by atoms with E-state index in [0.717, 1.165) is 10.6 Å². The summed E-state index contributed by atoms with van der Waals surface area (Å²) >= 11 is 2.93. The molecule has 0 atom stereocenters. The number of ether oxygens (including phenoxy) is 2. The number of carbonyl (C=O) groups is 1. The molecule has 3 aromatic rings. The van der Waals surface area contributed by atoms with E-state index in [9.17, 15) is 10.1 Å². The Morgan fingerprint density at radius 2 is 2.00 bits per heavy atom. The molecule has 136 valence electrons. The highest BCUT2D eigenvalue weighted by Crippen LogP contribution is 2.29. The van der Waals surface area contributed by atoms with Crippen molar-refractivity contribution in [1.29, 1.82) is 5.26 Å². The SMILES string of the molecule is COc1ccc(C(=O)CSc2[nH+]c(-c3cccs3)ccc2C#N)cc1OC. The number of nitrogens with one attached hydrogen (secondary N) is 1. The summed E-state index contributed by atoms with van der Waals surface area (Å²) in [6, 6.07) is 14.9. The van der Waals surface area contributed by atoms with Crippen LogP contribution in [0.4, 0.5) is 0 Å². The smallest absolute Gasteiger partial charge is 0.257 e. The molecule has 0 bridgehead atoms. The second-order valence-corrected chi connectivity index (χ2v) is 7.42. The topological polar surface area (TPSA) is 73.5 Å². The van der Waals surface area contributed by atoms with Crippen LogP contribution in [0, 0.1) is 11.3 Å². The van der Waals surface area contributed by atoms with E-state index >= 15 is 0 Å². The van der Waals surface area contributed by atoms with Crippen LogP contribution in [0.5, 0.6) is 11.5 Å². The number of ketones is 1. The van der Waals surface area contributed by atoms with E-state index < -0.39 is 0 Å². The summed E-state index contributed by atoms with van der Waals surface area (Å²) in [6.07, 6.45) is 0. The van der Waals surface area contributed by atoms with Crippen LogP contribution in [0.25, 0.3) is 10.6 Å². The van der Waals surface area contributed by atoms with Crippen molar-refractivity contribution in [2.75, 3.05) is 20.0 Å². The van der Waals surface area contributed by atoms with Crippen molar-refractivity contribution >= 4 is 28.9 Å². The molecule has 0 unspecified atom stereocenters. The van der Waals surface area contributed by atoms with Gasteiger partial charge in [0.1, 0.15) is 11.6 Å². The number of benzene rings is 1. The molecule has 2 heterocycles. The lowest BCUT2D eigenvalue weighted by atomic mass is 10.1. The predicted octanol–water partition coefficient (Wildman–Crippen LogP) is 4.09. The van der Waals surface area contributed by atoms with Crippen LogP contribution >= 0.6 is 23.1 Å². The third-order valence-electron chi connectivity index (χ3n) is 3.87. The number of nitriles is 1. The second-order valence-electron chi connectivity index (χ2n) is 5.49. The standard InChI is InChI=1S/C20H16N2O3S2/c1-24-17-8-6-13(10-18(17)25-2)16(23)12-27-20-14(11-21)5-7-15(22-20)19-4-3-9-26-19/h3-10H,12H2,1-2H3/p+1. The zero-order chi connectivity index (χ0) is 19.2. The zero-order valence-electron chi connectivity index (χ0n) is 14.8. The number of methoxy groups -OCH3 is 2. The summed E-state index contributed by atoms with van der Waals surface area (Å²) in [4.78, 5) is 16.9. The molecule has 1 aromatic carbocycles. The number of thioether (sulfide) groups is 1. The van der Waals surface area contributed by atoms with Crippen molar-refractivity contribution in [3.05, 3.63) is 59.0 Å². The van der Waals surface area contributed by atoms with E-state index in [2.05, 4.69) is 11.1 Å². The number of hydrogen-bond acceptors (Lipinski definition) is 6. The number of rotatable bonds is 7. The molecule has 0 aliphatic carbocycles. The molecule has 0 radical (unpaired) electrons. The Bertz CT molecular complexity index is 995. The average molecular weight is 398 g/mol. The van der Waals surface area contributed by atoms with Gasteiger partial charge in [0.2, 0.25) is 5.69 Å². The van der Waals surface area contributed by atoms with Gasteiger partial charge in [-0.15, -0.1) is 11.3 Å². The Balaban J connectivity index is 1.79. The van der Waals surface area contributed by atoms with Crippen LogP contribution in [0.1, 0.15) is 15.9 Å². The quantitative estimate of drug-likeness (QED) is 0.443. The monoisotopic (exact) mass is 397 g/mol. The van der Waals surface area contributed by atoms with Crippen LogP contribution in [0.15, 0.2) is 52.9 Å². The highest BCUT2D eigenvalue weighted by Gasteiger charge is 2.18. The first kappa shape index (κ1) is 19.0. The zero-order valence-corrected chi connectivity index (χ0v) is 16.4. The van der Waals surface area contributed by atoms with E-state index in [1.807, 2.05) is 23.6 Å². The normalized spacial score (nSPS) is 10.3. The first-order valence-electron chi connectivity index (χ1n) is 8.04. The van der Waals surface area contributed by atoms with Crippen molar-refractivity contribution in [3.63, 3.8) is 0 Å². The number of carbonyl (C=O) groups excluding carboxylic acids is 1. The molecule has 0 saturated heterocycles. The Morgan fingerprint density at radius 3 is 2.67 bits per heavy atom. The predicted molar refractivity (Wildman–Crippen MR) is 106 cm³/mol. The lowest BCUT2D eigenvalue weighted by molar-refractivity contribution is -0.414. The van der Waals surface area contributed by atoms with Gasteiger partial charge < -0.3 is 9.47 Å². The molecule has 0 amide bonds. The maximum absolute atomic E-state index is 12.6. The highest BCUT2D eigenvalue weighted by molar-refractivity contribution is 7.99. The fourth-order valence-corrected chi connectivity index (χ4v) is 4.08. The Labute approximate surface area is 165 Å². The molecule has 0 spiro atoms. The van der Waals surface area contributed by atoms with Gasteiger partial charge in [-0.05, 0) is 47.5 Å². The van der Waals surface area contributed by atoms with Crippen molar-refractivity contribution in [3.8, 4) is 28.1 Å². The maximum Gasteiger partial charge on any atom is 0.257 e. The van der Waals surface area contributed by atoms with Gasteiger partial charge in [0, 0.05) is 11.6 Å². The molecular weight excluding hydrogens is 380 g/mol. The minimum absolute atomic E-state index is 0.0558. The van der Waals surface area contributed by atoms with Crippen molar-refractivity contribution in [1.82, 2.24) is 0 Å². The Hall–Kier alpha value is -2.82.